The highest BCUT2D eigenvalue weighted by Crippen LogP contribution is 2.18. The van der Waals surface area contributed by atoms with E-state index in [9.17, 15) is 9.59 Å². The van der Waals surface area contributed by atoms with Crippen LogP contribution in [-0.4, -0.2) is 23.1 Å². The zero-order valence-corrected chi connectivity index (χ0v) is 18.1. The molecule has 1 N–H and O–H groups in total. The van der Waals surface area contributed by atoms with E-state index in [4.69, 9.17) is 9.84 Å². The molecule has 0 fully saturated rings. The van der Waals surface area contributed by atoms with Crippen LogP contribution < -0.4 is 0 Å². The van der Waals surface area contributed by atoms with Crippen LogP contribution in [0.3, 0.4) is 0 Å². The SMILES string of the molecule is CCCCCCC(CCCCCCCCCCC(=O)O)OC(=O)CC(C)C. The summed E-state index contributed by atoms with van der Waals surface area (Å²) in [5, 5.41) is 8.60. The van der Waals surface area contributed by atoms with E-state index < -0.39 is 5.97 Å². The first-order chi connectivity index (χ1) is 13.0. The maximum atomic E-state index is 12.0. The first-order valence-electron chi connectivity index (χ1n) is 11.4. The molecule has 0 saturated carbocycles. The van der Waals surface area contributed by atoms with Crippen molar-refractivity contribution < 1.29 is 19.4 Å². The number of hydrogen-bond acceptors (Lipinski definition) is 3. The van der Waals surface area contributed by atoms with Crippen LogP contribution in [0.5, 0.6) is 0 Å². The molecular formula is C23H44O4. The van der Waals surface area contributed by atoms with Crippen molar-refractivity contribution in [1.82, 2.24) is 0 Å². The van der Waals surface area contributed by atoms with Crippen molar-refractivity contribution in [2.75, 3.05) is 0 Å². The number of ether oxygens (including phenoxy) is 1. The third-order valence-corrected chi connectivity index (χ3v) is 4.92. The summed E-state index contributed by atoms with van der Waals surface area (Å²) in [5.74, 6) is -0.367. The zero-order chi connectivity index (χ0) is 20.3. The first kappa shape index (κ1) is 25.9. The highest BCUT2D eigenvalue weighted by molar-refractivity contribution is 5.69. The standard InChI is InChI=1S/C23H44O4/c1-4-5-6-13-16-21(27-23(26)19-20(2)3)17-14-11-9-7-8-10-12-15-18-22(24)25/h20-21H,4-19H2,1-3H3,(H,24,25). The molecule has 0 radical (unpaired) electrons. The lowest BCUT2D eigenvalue weighted by Crippen LogP contribution is -2.19. The molecule has 4 heteroatoms. The van der Waals surface area contributed by atoms with Crippen LogP contribution in [0.4, 0.5) is 0 Å². The molecule has 1 atom stereocenters. The Morgan fingerprint density at radius 1 is 0.778 bits per heavy atom. The Balaban J connectivity index is 3.82. The quantitative estimate of drug-likeness (QED) is 0.194. The van der Waals surface area contributed by atoms with Gasteiger partial charge >= 0.3 is 11.9 Å². The van der Waals surface area contributed by atoms with Gasteiger partial charge in [-0.1, -0.05) is 78.6 Å². The van der Waals surface area contributed by atoms with E-state index in [2.05, 4.69) is 20.8 Å². The van der Waals surface area contributed by atoms with Gasteiger partial charge in [-0.3, -0.25) is 9.59 Å². The highest BCUT2D eigenvalue weighted by Gasteiger charge is 2.15. The van der Waals surface area contributed by atoms with Gasteiger partial charge in [0.25, 0.3) is 0 Å². The van der Waals surface area contributed by atoms with Crippen LogP contribution in [-0.2, 0) is 14.3 Å². The number of carboxylic acid groups (broad SMARTS) is 1. The average Bonchev–Trinajstić information content (AvgIpc) is 2.58. The number of carboxylic acids is 1. The predicted octanol–water partition coefficient (Wildman–Crippen LogP) is 6.90. The van der Waals surface area contributed by atoms with Gasteiger partial charge in [0.2, 0.25) is 0 Å². The molecule has 0 aliphatic rings. The lowest BCUT2D eigenvalue weighted by molar-refractivity contribution is -0.150. The molecule has 0 spiro atoms. The zero-order valence-electron chi connectivity index (χ0n) is 18.1. The molecule has 0 aromatic carbocycles. The molecule has 0 aliphatic heterocycles. The number of esters is 1. The summed E-state index contributed by atoms with van der Waals surface area (Å²) < 4.78 is 5.75. The van der Waals surface area contributed by atoms with E-state index in [-0.39, 0.29) is 12.1 Å². The van der Waals surface area contributed by atoms with Crippen molar-refractivity contribution in [3.63, 3.8) is 0 Å². The number of rotatable bonds is 19. The molecule has 1 unspecified atom stereocenters. The van der Waals surface area contributed by atoms with Crippen molar-refractivity contribution in [3.05, 3.63) is 0 Å². The summed E-state index contributed by atoms with van der Waals surface area (Å²) in [5.41, 5.74) is 0. The van der Waals surface area contributed by atoms with Gasteiger partial charge in [0.1, 0.15) is 6.10 Å². The van der Waals surface area contributed by atoms with Gasteiger partial charge in [-0.2, -0.15) is 0 Å². The largest absolute Gasteiger partial charge is 0.481 e. The predicted molar refractivity (Wildman–Crippen MR) is 112 cm³/mol. The van der Waals surface area contributed by atoms with Crippen LogP contribution in [0.1, 0.15) is 124 Å². The van der Waals surface area contributed by atoms with E-state index in [0.29, 0.717) is 18.8 Å². The number of hydrogen-bond donors (Lipinski definition) is 1. The van der Waals surface area contributed by atoms with Crippen LogP contribution in [0, 0.1) is 5.92 Å². The summed E-state index contributed by atoms with van der Waals surface area (Å²) in [6, 6.07) is 0. The molecule has 0 amide bonds. The van der Waals surface area contributed by atoms with E-state index >= 15 is 0 Å². The van der Waals surface area contributed by atoms with Crippen molar-refractivity contribution in [1.29, 1.82) is 0 Å². The topological polar surface area (TPSA) is 63.6 Å². The summed E-state index contributed by atoms with van der Waals surface area (Å²) >= 11 is 0. The molecule has 0 bridgehead atoms. The van der Waals surface area contributed by atoms with Crippen molar-refractivity contribution in [2.24, 2.45) is 5.92 Å². The van der Waals surface area contributed by atoms with Crippen molar-refractivity contribution >= 4 is 11.9 Å². The van der Waals surface area contributed by atoms with Gasteiger partial charge in [0, 0.05) is 12.8 Å². The molecule has 4 nitrogen and oxygen atoms in total. The Morgan fingerprint density at radius 3 is 1.74 bits per heavy atom. The average molecular weight is 385 g/mol. The monoisotopic (exact) mass is 384 g/mol. The van der Waals surface area contributed by atoms with Gasteiger partial charge in [0.05, 0.1) is 0 Å². The van der Waals surface area contributed by atoms with Crippen LogP contribution in [0.15, 0.2) is 0 Å². The van der Waals surface area contributed by atoms with E-state index in [1.54, 1.807) is 0 Å². The second kappa shape index (κ2) is 18.3. The molecule has 0 saturated heterocycles. The fourth-order valence-corrected chi connectivity index (χ4v) is 3.34. The summed E-state index contributed by atoms with van der Waals surface area (Å²) in [6.45, 7) is 6.32. The smallest absolute Gasteiger partial charge is 0.306 e. The number of carbonyl (C=O) groups excluding carboxylic acids is 1. The molecule has 27 heavy (non-hydrogen) atoms. The van der Waals surface area contributed by atoms with E-state index in [1.165, 1.54) is 44.9 Å². The van der Waals surface area contributed by atoms with Crippen molar-refractivity contribution in [3.8, 4) is 0 Å². The molecule has 0 aliphatic carbocycles. The molecular weight excluding hydrogens is 340 g/mol. The minimum atomic E-state index is -0.687. The van der Waals surface area contributed by atoms with E-state index in [0.717, 1.165) is 44.9 Å². The number of unbranched alkanes of at least 4 members (excludes halogenated alkanes) is 10. The highest BCUT2D eigenvalue weighted by atomic mass is 16.5. The normalized spacial score (nSPS) is 12.3. The van der Waals surface area contributed by atoms with Crippen molar-refractivity contribution in [2.45, 2.75) is 130 Å². The van der Waals surface area contributed by atoms with Gasteiger partial charge in [-0.05, 0) is 38.0 Å². The Hall–Kier alpha value is -1.06. The van der Waals surface area contributed by atoms with Crippen LogP contribution in [0.25, 0.3) is 0 Å². The lowest BCUT2D eigenvalue weighted by Gasteiger charge is -2.18. The Kier molecular flexibility index (Phi) is 17.6. The second-order valence-corrected chi connectivity index (χ2v) is 8.32. The lowest BCUT2D eigenvalue weighted by atomic mass is 10.0. The Morgan fingerprint density at radius 2 is 1.26 bits per heavy atom. The third-order valence-electron chi connectivity index (χ3n) is 4.92. The number of aliphatic carboxylic acids is 1. The molecule has 0 aromatic rings. The molecule has 0 aromatic heterocycles. The maximum absolute atomic E-state index is 12.0. The Labute approximate surface area is 167 Å². The van der Waals surface area contributed by atoms with E-state index in [1.807, 2.05) is 0 Å². The van der Waals surface area contributed by atoms with Gasteiger partial charge in [-0.15, -0.1) is 0 Å². The first-order valence-corrected chi connectivity index (χ1v) is 11.4. The van der Waals surface area contributed by atoms with Gasteiger partial charge in [-0.25, -0.2) is 0 Å². The minimum absolute atomic E-state index is 0.0353. The summed E-state index contributed by atoms with van der Waals surface area (Å²) in [4.78, 5) is 22.4. The Bertz CT molecular complexity index is 365. The number of carbonyl (C=O) groups is 2. The van der Waals surface area contributed by atoms with Crippen LogP contribution >= 0.6 is 0 Å². The summed E-state index contributed by atoms with van der Waals surface area (Å²) in [7, 11) is 0. The van der Waals surface area contributed by atoms with Gasteiger partial charge in [0.15, 0.2) is 0 Å². The minimum Gasteiger partial charge on any atom is -0.481 e. The van der Waals surface area contributed by atoms with Crippen LogP contribution in [0.2, 0.25) is 0 Å². The molecule has 0 heterocycles. The fourth-order valence-electron chi connectivity index (χ4n) is 3.34. The second-order valence-electron chi connectivity index (χ2n) is 8.32. The fraction of sp³-hybridized carbons (Fsp3) is 0.913. The molecule has 0 rings (SSSR count). The maximum Gasteiger partial charge on any atom is 0.306 e. The molecule has 160 valence electrons. The third kappa shape index (κ3) is 19.5. The van der Waals surface area contributed by atoms with Gasteiger partial charge < -0.3 is 9.84 Å². The summed E-state index contributed by atoms with van der Waals surface area (Å²) in [6.07, 6.45) is 16.7.